The minimum Gasteiger partial charge on any atom is -0.372 e. The van der Waals surface area contributed by atoms with Crippen molar-refractivity contribution in [1.29, 1.82) is 0 Å². The molecule has 1 aromatic heterocycles. The Morgan fingerprint density at radius 3 is 2.35 bits per heavy atom. The van der Waals surface area contributed by atoms with E-state index in [0.717, 1.165) is 29.2 Å². The summed E-state index contributed by atoms with van der Waals surface area (Å²) in [4.78, 5) is 15.3. The van der Waals surface area contributed by atoms with Gasteiger partial charge < -0.3 is 10.2 Å². The molecule has 1 heterocycles. The van der Waals surface area contributed by atoms with Crippen LogP contribution in [0.4, 0.5) is 11.4 Å². The second-order valence-corrected chi connectivity index (χ2v) is 9.19. The monoisotopic (exact) mass is 395 g/mol. The number of sulfonamides is 1. The van der Waals surface area contributed by atoms with Gasteiger partial charge >= 0.3 is 0 Å². The largest absolute Gasteiger partial charge is 0.372 e. The standard InChI is InChI=1S/C18H25N3O3S2/c1-5-21(6-2)15-8-9-16(13(3)11-15)20-17(22)12-19-26(23,24)18-10-7-14(4)25-18/h7-11,19H,5-6,12H2,1-4H3,(H,20,22). The quantitative estimate of drug-likeness (QED) is 0.720. The average molecular weight is 396 g/mol. The van der Waals surface area contributed by atoms with Crippen LogP contribution in [0.15, 0.2) is 34.5 Å². The van der Waals surface area contributed by atoms with E-state index in [0.29, 0.717) is 5.69 Å². The molecule has 0 saturated carbocycles. The average Bonchev–Trinajstić information content (AvgIpc) is 3.04. The molecule has 0 saturated heterocycles. The lowest BCUT2D eigenvalue weighted by molar-refractivity contribution is -0.115. The first-order chi connectivity index (χ1) is 12.3. The maximum atomic E-state index is 12.2. The van der Waals surface area contributed by atoms with Gasteiger partial charge in [-0.05, 0) is 63.6 Å². The first-order valence-electron chi connectivity index (χ1n) is 8.48. The van der Waals surface area contributed by atoms with Gasteiger partial charge in [0, 0.05) is 29.3 Å². The molecule has 0 unspecified atom stereocenters. The predicted molar refractivity (Wildman–Crippen MR) is 108 cm³/mol. The Hall–Kier alpha value is -1.90. The van der Waals surface area contributed by atoms with Crippen molar-refractivity contribution in [2.24, 2.45) is 0 Å². The fourth-order valence-corrected chi connectivity index (χ4v) is 4.87. The highest BCUT2D eigenvalue weighted by molar-refractivity contribution is 7.91. The van der Waals surface area contributed by atoms with E-state index in [-0.39, 0.29) is 10.8 Å². The maximum Gasteiger partial charge on any atom is 0.250 e. The second-order valence-electron chi connectivity index (χ2n) is 5.91. The molecule has 1 amide bonds. The third-order valence-corrected chi connectivity index (χ3v) is 6.91. The smallest absolute Gasteiger partial charge is 0.250 e. The Morgan fingerprint density at radius 1 is 1.12 bits per heavy atom. The summed E-state index contributed by atoms with van der Waals surface area (Å²) < 4.78 is 26.9. The Labute approximate surface area is 159 Å². The van der Waals surface area contributed by atoms with Crippen molar-refractivity contribution in [2.75, 3.05) is 29.9 Å². The molecule has 2 rings (SSSR count). The van der Waals surface area contributed by atoms with Gasteiger partial charge in [0.15, 0.2) is 0 Å². The Bertz CT molecular complexity index is 872. The molecule has 0 fully saturated rings. The van der Waals surface area contributed by atoms with E-state index >= 15 is 0 Å². The van der Waals surface area contributed by atoms with Crippen LogP contribution in [0.25, 0.3) is 0 Å². The lowest BCUT2D eigenvalue weighted by atomic mass is 10.1. The lowest BCUT2D eigenvalue weighted by Crippen LogP contribution is -2.32. The predicted octanol–water partition coefficient (Wildman–Crippen LogP) is 3.13. The number of amides is 1. The van der Waals surface area contributed by atoms with E-state index in [4.69, 9.17) is 0 Å². The number of nitrogens with one attached hydrogen (secondary N) is 2. The molecule has 0 bridgehead atoms. The molecule has 8 heteroatoms. The third-order valence-electron chi connectivity index (χ3n) is 4.02. The zero-order valence-corrected chi connectivity index (χ0v) is 17.1. The summed E-state index contributed by atoms with van der Waals surface area (Å²) in [5.74, 6) is -0.402. The summed E-state index contributed by atoms with van der Waals surface area (Å²) in [6.07, 6.45) is 0. The summed E-state index contributed by atoms with van der Waals surface area (Å²) >= 11 is 1.17. The third kappa shape index (κ3) is 5.06. The molecule has 0 radical (unpaired) electrons. The van der Waals surface area contributed by atoms with Gasteiger partial charge in [-0.15, -0.1) is 11.3 Å². The highest BCUT2D eigenvalue weighted by Crippen LogP contribution is 2.23. The molecule has 0 aliphatic carbocycles. The normalized spacial score (nSPS) is 11.4. The number of nitrogens with zero attached hydrogens (tertiary/aromatic N) is 1. The fourth-order valence-electron chi connectivity index (χ4n) is 2.56. The van der Waals surface area contributed by atoms with Gasteiger partial charge in [0.2, 0.25) is 5.91 Å². The molecule has 2 aromatic rings. The van der Waals surface area contributed by atoms with Gasteiger partial charge in [-0.1, -0.05) is 0 Å². The molecule has 0 atom stereocenters. The maximum absolute atomic E-state index is 12.2. The van der Waals surface area contributed by atoms with Crippen LogP contribution in [0.1, 0.15) is 24.3 Å². The van der Waals surface area contributed by atoms with Crippen molar-refractivity contribution in [2.45, 2.75) is 31.9 Å². The van der Waals surface area contributed by atoms with Crippen molar-refractivity contribution < 1.29 is 13.2 Å². The summed E-state index contributed by atoms with van der Waals surface area (Å²) in [5, 5.41) is 2.76. The number of carbonyl (C=O) groups is 1. The van der Waals surface area contributed by atoms with Gasteiger partial charge in [0.05, 0.1) is 6.54 Å². The van der Waals surface area contributed by atoms with Crippen LogP contribution in [0.2, 0.25) is 0 Å². The molecule has 6 nitrogen and oxygen atoms in total. The van der Waals surface area contributed by atoms with Crippen LogP contribution in [0.5, 0.6) is 0 Å². The van der Waals surface area contributed by atoms with Crippen LogP contribution >= 0.6 is 11.3 Å². The second kappa shape index (κ2) is 8.66. The zero-order valence-electron chi connectivity index (χ0n) is 15.5. The van der Waals surface area contributed by atoms with Gasteiger partial charge in [0.1, 0.15) is 4.21 Å². The highest BCUT2D eigenvalue weighted by Gasteiger charge is 2.17. The molecular weight excluding hydrogens is 370 g/mol. The molecule has 2 N–H and O–H groups in total. The molecule has 0 aliphatic rings. The van der Waals surface area contributed by atoms with E-state index < -0.39 is 15.9 Å². The first-order valence-corrected chi connectivity index (χ1v) is 10.8. The van der Waals surface area contributed by atoms with Crippen LogP contribution < -0.4 is 14.9 Å². The Balaban J connectivity index is 1.99. The summed E-state index contributed by atoms with van der Waals surface area (Å²) in [6, 6.07) is 9.09. The Morgan fingerprint density at radius 2 is 1.81 bits per heavy atom. The summed E-state index contributed by atoms with van der Waals surface area (Å²) in [5.41, 5.74) is 2.70. The number of aryl methyl sites for hydroxylation is 2. The van der Waals surface area contributed by atoms with E-state index in [9.17, 15) is 13.2 Å². The van der Waals surface area contributed by atoms with Crippen LogP contribution in [-0.2, 0) is 14.8 Å². The van der Waals surface area contributed by atoms with Crippen LogP contribution in [0, 0.1) is 13.8 Å². The topological polar surface area (TPSA) is 78.5 Å². The highest BCUT2D eigenvalue weighted by atomic mass is 32.2. The molecule has 0 aliphatic heterocycles. The Kier molecular flexibility index (Phi) is 6.80. The van der Waals surface area contributed by atoms with Gasteiger partial charge in [-0.25, -0.2) is 13.1 Å². The molecular formula is C18H25N3O3S2. The van der Waals surface area contributed by atoms with E-state index in [1.165, 1.54) is 17.4 Å². The van der Waals surface area contributed by atoms with Gasteiger partial charge in [0.25, 0.3) is 10.0 Å². The number of hydrogen-bond donors (Lipinski definition) is 2. The number of carbonyl (C=O) groups excluding carboxylic acids is 1. The SMILES string of the molecule is CCN(CC)c1ccc(NC(=O)CNS(=O)(=O)c2ccc(C)s2)c(C)c1. The fraction of sp³-hybridized carbons (Fsp3) is 0.389. The van der Waals surface area contributed by atoms with Crippen LogP contribution in [-0.4, -0.2) is 34.0 Å². The first kappa shape index (κ1) is 20.4. The van der Waals surface area contributed by atoms with Crippen molar-refractivity contribution in [3.8, 4) is 0 Å². The van der Waals surface area contributed by atoms with Gasteiger partial charge in [-0.2, -0.15) is 0 Å². The van der Waals surface area contributed by atoms with Crippen molar-refractivity contribution in [1.82, 2.24) is 4.72 Å². The summed E-state index contributed by atoms with van der Waals surface area (Å²) in [7, 11) is -3.66. The molecule has 1 aromatic carbocycles. The number of anilines is 2. The van der Waals surface area contributed by atoms with E-state index in [1.807, 2.05) is 32.0 Å². The van der Waals surface area contributed by atoms with Crippen molar-refractivity contribution in [3.05, 3.63) is 40.8 Å². The van der Waals surface area contributed by atoms with Gasteiger partial charge in [-0.3, -0.25) is 4.79 Å². The molecule has 142 valence electrons. The minimum absolute atomic E-state index is 0.211. The van der Waals surface area contributed by atoms with Crippen molar-refractivity contribution >= 4 is 38.6 Å². The molecule has 26 heavy (non-hydrogen) atoms. The number of benzene rings is 1. The summed E-state index contributed by atoms with van der Waals surface area (Å²) in [6.45, 7) is 9.45. The molecule has 0 spiro atoms. The van der Waals surface area contributed by atoms with E-state index in [1.54, 1.807) is 6.07 Å². The number of thiophene rings is 1. The van der Waals surface area contributed by atoms with Crippen LogP contribution in [0.3, 0.4) is 0 Å². The lowest BCUT2D eigenvalue weighted by Gasteiger charge is -2.22. The van der Waals surface area contributed by atoms with Crippen molar-refractivity contribution in [3.63, 3.8) is 0 Å². The zero-order chi connectivity index (χ0) is 19.3. The number of hydrogen-bond acceptors (Lipinski definition) is 5. The van der Waals surface area contributed by atoms with E-state index in [2.05, 4.69) is 28.8 Å². The minimum atomic E-state index is -3.66. The number of rotatable bonds is 8.